The lowest BCUT2D eigenvalue weighted by molar-refractivity contribution is -0.126. The maximum Gasteiger partial charge on any atom is 0.307 e. The molecular weight excluding hydrogens is 254 g/mol. The Kier molecular flexibility index (Phi) is 3.81. The number of nitrogens with zero attached hydrogens (tertiary/aromatic N) is 1. The van der Waals surface area contributed by atoms with Gasteiger partial charge >= 0.3 is 4.87 Å². The zero-order valence-electron chi connectivity index (χ0n) is 10.1. The Morgan fingerprint density at radius 3 is 2.94 bits per heavy atom. The number of carbonyl (C=O) groups is 2. The Bertz CT molecular complexity index is 510. The Morgan fingerprint density at radius 2 is 2.39 bits per heavy atom. The van der Waals surface area contributed by atoms with Gasteiger partial charge in [-0.3, -0.25) is 19.0 Å². The number of rotatable bonds is 3. The number of thiazole rings is 1. The second-order valence-corrected chi connectivity index (χ2v) is 5.16. The molecule has 0 spiro atoms. The minimum atomic E-state index is -0.195. The van der Waals surface area contributed by atoms with E-state index in [4.69, 9.17) is 0 Å². The van der Waals surface area contributed by atoms with Gasteiger partial charge in [0.2, 0.25) is 11.8 Å². The minimum absolute atomic E-state index is 0.0189. The van der Waals surface area contributed by atoms with Gasteiger partial charge in [0, 0.05) is 30.1 Å². The zero-order valence-corrected chi connectivity index (χ0v) is 10.9. The summed E-state index contributed by atoms with van der Waals surface area (Å²) in [5, 5.41) is 7.25. The molecule has 1 aliphatic rings. The maximum absolute atomic E-state index is 11.8. The molecule has 18 heavy (non-hydrogen) atoms. The van der Waals surface area contributed by atoms with E-state index in [9.17, 15) is 14.4 Å². The third-order valence-corrected chi connectivity index (χ3v) is 3.79. The molecule has 2 N–H and O–H groups in total. The van der Waals surface area contributed by atoms with E-state index in [1.807, 2.05) is 0 Å². The summed E-state index contributed by atoms with van der Waals surface area (Å²) in [6.07, 6.45) is 1.08. The Labute approximate surface area is 108 Å². The van der Waals surface area contributed by atoms with Crippen LogP contribution in [0.5, 0.6) is 0 Å². The molecule has 2 heterocycles. The highest BCUT2D eigenvalue weighted by atomic mass is 32.1. The van der Waals surface area contributed by atoms with E-state index in [1.54, 1.807) is 12.3 Å². The predicted molar refractivity (Wildman–Crippen MR) is 67.5 cm³/mol. The van der Waals surface area contributed by atoms with Gasteiger partial charge in [0.05, 0.1) is 0 Å². The fraction of sp³-hybridized carbons (Fsp3) is 0.545. The first kappa shape index (κ1) is 12.8. The highest BCUT2D eigenvalue weighted by Gasteiger charge is 2.20. The molecule has 1 aromatic heterocycles. The van der Waals surface area contributed by atoms with Gasteiger partial charge < -0.3 is 10.6 Å². The third kappa shape index (κ3) is 2.98. The molecule has 0 aromatic carbocycles. The van der Waals surface area contributed by atoms with Crippen LogP contribution in [0.4, 0.5) is 0 Å². The molecule has 0 radical (unpaired) electrons. The lowest BCUT2D eigenvalue weighted by Gasteiger charge is -2.23. The van der Waals surface area contributed by atoms with Crippen LogP contribution in [0, 0.1) is 6.92 Å². The van der Waals surface area contributed by atoms with Gasteiger partial charge in [0.25, 0.3) is 0 Å². The average molecular weight is 269 g/mol. The van der Waals surface area contributed by atoms with E-state index < -0.39 is 0 Å². The van der Waals surface area contributed by atoms with E-state index in [0.29, 0.717) is 19.4 Å². The number of carbonyl (C=O) groups excluding carboxylic acids is 2. The van der Waals surface area contributed by atoms with Gasteiger partial charge in [-0.2, -0.15) is 0 Å². The largest absolute Gasteiger partial charge is 0.354 e. The minimum Gasteiger partial charge on any atom is -0.354 e. The molecule has 0 aliphatic carbocycles. The van der Waals surface area contributed by atoms with Gasteiger partial charge in [0.15, 0.2) is 0 Å². The average Bonchev–Trinajstić information content (AvgIpc) is 2.64. The molecule has 2 amide bonds. The van der Waals surface area contributed by atoms with Crippen molar-refractivity contribution in [3.8, 4) is 0 Å². The van der Waals surface area contributed by atoms with Crippen LogP contribution >= 0.6 is 11.3 Å². The van der Waals surface area contributed by atoms with Crippen LogP contribution in [0.15, 0.2) is 10.2 Å². The van der Waals surface area contributed by atoms with Crippen LogP contribution in [0.1, 0.15) is 18.5 Å². The smallest absolute Gasteiger partial charge is 0.307 e. The second-order valence-electron chi connectivity index (χ2n) is 4.34. The van der Waals surface area contributed by atoms with E-state index >= 15 is 0 Å². The van der Waals surface area contributed by atoms with Gasteiger partial charge in [-0.25, -0.2) is 0 Å². The molecule has 1 aromatic rings. The molecule has 98 valence electrons. The highest BCUT2D eigenvalue weighted by Crippen LogP contribution is 2.03. The molecule has 0 bridgehead atoms. The highest BCUT2D eigenvalue weighted by molar-refractivity contribution is 7.07. The Balaban J connectivity index is 1.89. The van der Waals surface area contributed by atoms with E-state index in [-0.39, 0.29) is 29.3 Å². The van der Waals surface area contributed by atoms with Crippen molar-refractivity contribution in [3.63, 3.8) is 0 Å². The van der Waals surface area contributed by atoms with Crippen molar-refractivity contribution >= 4 is 23.2 Å². The zero-order chi connectivity index (χ0) is 13.1. The van der Waals surface area contributed by atoms with Crippen LogP contribution < -0.4 is 15.5 Å². The molecular formula is C11H15N3O3S. The quantitative estimate of drug-likeness (QED) is 0.784. The van der Waals surface area contributed by atoms with Crippen molar-refractivity contribution in [3.05, 3.63) is 20.7 Å². The van der Waals surface area contributed by atoms with Crippen molar-refractivity contribution < 1.29 is 9.59 Å². The summed E-state index contributed by atoms with van der Waals surface area (Å²) >= 11 is 1.09. The number of piperidine rings is 1. The first-order chi connectivity index (χ1) is 8.56. The number of hydrogen-bond donors (Lipinski definition) is 2. The summed E-state index contributed by atoms with van der Waals surface area (Å²) in [5.74, 6) is -0.176. The summed E-state index contributed by atoms with van der Waals surface area (Å²) in [6.45, 7) is 2.30. The lowest BCUT2D eigenvalue weighted by Crippen LogP contribution is -2.48. The number of amides is 2. The van der Waals surface area contributed by atoms with Gasteiger partial charge in [-0.15, -0.1) is 0 Å². The van der Waals surface area contributed by atoms with Crippen molar-refractivity contribution in [1.82, 2.24) is 15.2 Å². The molecule has 2 rings (SSSR count). The summed E-state index contributed by atoms with van der Waals surface area (Å²) < 4.78 is 1.45. The molecule has 1 atom stereocenters. The van der Waals surface area contributed by atoms with E-state index in [1.165, 1.54) is 4.57 Å². The lowest BCUT2D eigenvalue weighted by atomic mass is 10.1. The summed E-state index contributed by atoms with van der Waals surface area (Å²) in [7, 11) is 0. The third-order valence-electron chi connectivity index (χ3n) is 2.91. The SMILES string of the molecule is Cc1csc(=O)n1CC(=O)NC1CCC(=O)NC1. The Hall–Kier alpha value is -1.63. The molecule has 1 saturated heterocycles. The maximum atomic E-state index is 11.8. The number of aryl methyl sites for hydroxylation is 1. The van der Waals surface area contributed by atoms with E-state index in [2.05, 4.69) is 10.6 Å². The second kappa shape index (κ2) is 5.34. The molecule has 1 unspecified atom stereocenters. The number of hydrogen-bond acceptors (Lipinski definition) is 4. The van der Waals surface area contributed by atoms with E-state index in [0.717, 1.165) is 17.0 Å². The molecule has 6 nitrogen and oxygen atoms in total. The molecule has 7 heteroatoms. The fourth-order valence-electron chi connectivity index (χ4n) is 1.87. The van der Waals surface area contributed by atoms with Crippen LogP contribution in [0.25, 0.3) is 0 Å². The molecule has 0 saturated carbocycles. The number of aromatic nitrogens is 1. The van der Waals surface area contributed by atoms with Gasteiger partial charge in [0.1, 0.15) is 6.54 Å². The van der Waals surface area contributed by atoms with Gasteiger partial charge in [-0.05, 0) is 13.3 Å². The van der Waals surface area contributed by atoms with Gasteiger partial charge in [-0.1, -0.05) is 11.3 Å². The van der Waals surface area contributed by atoms with Crippen LogP contribution in [0.3, 0.4) is 0 Å². The van der Waals surface area contributed by atoms with Crippen LogP contribution in [0.2, 0.25) is 0 Å². The summed E-state index contributed by atoms with van der Waals surface area (Å²) in [5.41, 5.74) is 0.789. The fourth-order valence-corrected chi connectivity index (χ4v) is 2.60. The normalized spacial score (nSPS) is 19.4. The van der Waals surface area contributed by atoms with Crippen LogP contribution in [-0.4, -0.2) is 29.0 Å². The number of nitrogens with one attached hydrogen (secondary N) is 2. The monoisotopic (exact) mass is 269 g/mol. The van der Waals surface area contributed by atoms with Crippen molar-refractivity contribution in [2.45, 2.75) is 32.4 Å². The first-order valence-electron chi connectivity index (χ1n) is 5.77. The summed E-state index contributed by atoms with van der Waals surface area (Å²) in [6, 6.07) is -0.0372. The molecule has 1 fully saturated rings. The van der Waals surface area contributed by atoms with Crippen LogP contribution in [-0.2, 0) is 16.1 Å². The van der Waals surface area contributed by atoms with Crippen molar-refractivity contribution in [2.75, 3.05) is 6.54 Å². The Morgan fingerprint density at radius 1 is 1.61 bits per heavy atom. The topological polar surface area (TPSA) is 80.2 Å². The van der Waals surface area contributed by atoms with Crippen molar-refractivity contribution in [2.24, 2.45) is 0 Å². The summed E-state index contributed by atoms with van der Waals surface area (Å²) in [4.78, 5) is 34.1. The predicted octanol–water partition coefficient (Wildman–Crippen LogP) is -0.387. The standard InChI is InChI=1S/C11H15N3O3S/c1-7-6-18-11(17)14(7)5-10(16)13-8-2-3-9(15)12-4-8/h6,8H,2-5H2,1H3,(H,12,15)(H,13,16). The van der Waals surface area contributed by atoms with Crippen molar-refractivity contribution in [1.29, 1.82) is 0 Å². The molecule has 1 aliphatic heterocycles. The first-order valence-corrected chi connectivity index (χ1v) is 6.65.